The van der Waals surface area contributed by atoms with Crippen molar-refractivity contribution in [2.24, 2.45) is 0 Å². The normalized spacial score (nSPS) is 16.9. The van der Waals surface area contributed by atoms with Crippen LogP contribution in [0.2, 0.25) is 0 Å². The largest absolute Gasteiger partial charge is 0.756 e. The van der Waals surface area contributed by atoms with Gasteiger partial charge >= 0.3 is 11.9 Å². The summed E-state index contributed by atoms with van der Waals surface area (Å²) in [5.41, 5.74) is 0. The van der Waals surface area contributed by atoms with Crippen molar-refractivity contribution in [1.82, 2.24) is 0 Å². The van der Waals surface area contributed by atoms with Crippen molar-refractivity contribution < 1.29 is 46.8 Å². The molecule has 0 radical (unpaired) electrons. The van der Waals surface area contributed by atoms with Gasteiger partial charge in [-0.25, -0.2) is 0 Å². The van der Waals surface area contributed by atoms with Gasteiger partial charge in [-0.15, -0.1) is 0 Å². The van der Waals surface area contributed by atoms with Gasteiger partial charge in [-0.1, -0.05) is 198 Å². The Kier molecular flexibility index (Phi) is 38.0. The Morgan fingerprint density at radius 1 is 0.587 bits per heavy atom. The summed E-state index contributed by atoms with van der Waals surface area (Å²) in [6.07, 6.45) is 49.3. The Balaban J connectivity index is 2.22. The van der Waals surface area contributed by atoms with Gasteiger partial charge in [0.25, 0.3) is 7.82 Å². The summed E-state index contributed by atoms with van der Waals surface area (Å²) >= 11 is 0. The van der Waals surface area contributed by atoms with Crippen LogP contribution in [0.5, 0.6) is 0 Å². The zero-order chi connectivity index (χ0) is 46.1. The van der Waals surface area contributed by atoms with E-state index in [1.807, 2.05) is 21.1 Å². The molecule has 4 atom stereocenters. The molecule has 368 valence electrons. The first-order valence-electron chi connectivity index (χ1n) is 25.8. The second kappa shape index (κ2) is 40.5. The molecule has 1 saturated heterocycles. The molecule has 0 spiro atoms. The van der Waals surface area contributed by atoms with Gasteiger partial charge in [-0.2, -0.15) is 0 Å². The SMILES string of the molecule is CCCCCCCCCCCCCCCCCCCCCCCC(=O)O[C@H](COC(=O)CCC/C=C\C/C=C\C/C=C\CC1OC1CCCCC)COP(=O)([O-])OCC[N+](C)(C)C. The molecular formula is C52H96NO9P. The fourth-order valence-electron chi connectivity index (χ4n) is 7.45. The summed E-state index contributed by atoms with van der Waals surface area (Å²) in [6, 6.07) is 0. The van der Waals surface area contributed by atoms with Crippen molar-refractivity contribution in [3.63, 3.8) is 0 Å². The number of hydrogen-bond acceptors (Lipinski definition) is 9. The fourth-order valence-corrected chi connectivity index (χ4v) is 8.18. The van der Waals surface area contributed by atoms with Gasteiger partial charge in [0.1, 0.15) is 19.8 Å². The number of carbonyl (C=O) groups excluding carboxylic acids is 2. The van der Waals surface area contributed by atoms with Crippen LogP contribution in [0.1, 0.15) is 219 Å². The molecule has 3 unspecified atom stereocenters. The van der Waals surface area contributed by atoms with Crippen molar-refractivity contribution in [2.75, 3.05) is 47.5 Å². The number of phosphoric ester groups is 1. The van der Waals surface area contributed by atoms with Gasteiger partial charge in [0.15, 0.2) is 6.10 Å². The molecule has 1 rings (SSSR count). The zero-order valence-electron chi connectivity index (χ0n) is 41.2. The van der Waals surface area contributed by atoms with Crippen LogP contribution in [0.3, 0.4) is 0 Å². The van der Waals surface area contributed by atoms with Gasteiger partial charge in [-0.3, -0.25) is 14.2 Å². The third-order valence-electron chi connectivity index (χ3n) is 11.6. The highest BCUT2D eigenvalue weighted by Gasteiger charge is 2.36. The molecule has 1 heterocycles. The van der Waals surface area contributed by atoms with Crippen LogP contribution in [0.4, 0.5) is 0 Å². The molecule has 10 nitrogen and oxygen atoms in total. The molecule has 0 bridgehead atoms. The second-order valence-electron chi connectivity index (χ2n) is 18.9. The Labute approximate surface area is 386 Å². The number of quaternary nitrogens is 1. The highest BCUT2D eigenvalue weighted by Crippen LogP contribution is 2.38. The first kappa shape index (κ1) is 59.2. The van der Waals surface area contributed by atoms with Crippen molar-refractivity contribution in [3.8, 4) is 0 Å². The molecule has 0 amide bonds. The van der Waals surface area contributed by atoms with E-state index in [-0.39, 0.29) is 26.1 Å². The Morgan fingerprint density at radius 2 is 1.06 bits per heavy atom. The molecule has 1 aliphatic rings. The molecule has 0 aromatic heterocycles. The average Bonchev–Trinajstić information content (AvgIpc) is 3.99. The van der Waals surface area contributed by atoms with E-state index in [9.17, 15) is 19.0 Å². The summed E-state index contributed by atoms with van der Waals surface area (Å²) in [6.45, 7) is 4.16. The molecule has 1 fully saturated rings. The monoisotopic (exact) mass is 910 g/mol. The lowest BCUT2D eigenvalue weighted by Crippen LogP contribution is -2.37. The van der Waals surface area contributed by atoms with E-state index < -0.39 is 32.5 Å². The van der Waals surface area contributed by atoms with E-state index in [0.717, 1.165) is 44.9 Å². The molecule has 0 aromatic rings. The minimum atomic E-state index is -4.64. The van der Waals surface area contributed by atoms with E-state index in [4.69, 9.17) is 23.3 Å². The van der Waals surface area contributed by atoms with E-state index in [2.05, 4.69) is 50.3 Å². The fraction of sp³-hybridized carbons (Fsp3) is 0.846. The van der Waals surface area contributed by atoms with Crippen molar-refractivity contribution in [2.45, 2.75) is 238 Å². The number of unbranched alkanes of at least 4 members (excludes halogenated alkanes) is 23. The lowest BCUT2D eigenvalue weighted by atomic mass is 10.0. The zero-order valence-corrected chi connectivity index (χ0v) is 42.1. The van der Waals surface area contributed by atoms with Gasteiger partial charge < -0.3 is 32.6 Å². The van der Waals surface area contributed by atoms with Crippen molar-refractivity contribution >= 4 is 19.8 Å². The van der Waals surface area contributed by atoms with Crippen molar-refractivity contribution in [1.29, 1.82) is 0 Å². The van der Waals surface area contributed by atoms with Gasteiger partial charge in [-0.05, 0) is 44.9 Å². The van der Waals surface area contributed by atoms with Crippen LogP contribution < -0.4 is 4.89 Å². The molecule has 11 heteroatoms. The van der Waals surface area contributed by atoms with E-state index in [1.165, 1.54) is 135 Å². The predicted molar refractivity (Wildman–Crippen MR) is 258 cm³/mol. The summed E-state index contributed by atoms with van der Waals surface area (Å²) in [5.74, 6) is -0.896. The van der Waals surface area contributed by atoms with Crippen molar-refractivity contribution in [3.05, 3.63) is 36.5 Å². The molecule has 1 aliphatic heterocycles. The average molecular weight is 910 g/mol. The number of epoxide rings is 1. The number of rotatable bonds is 46. The van der Waals surface area contributed by atoms with Crippen LogP contribution in [0, 0.1) is 0 Å². The summed E-state index contributed by atoms with van der Waals surface area (Å²) in [5, 5.41) is 0. The number of likely N-dealkylation sites (N-methyl/N-ethyl adjacent to an activating group) is 1. The van der Waals surface area contributed by atoms with E-state index in [0.29, 0.717) is 36.1 Å². The number of nitrogens with zero attached hydrogens (tertiary/aromatic N) is 1. The number of ether oxygens (including phenoxy) is 3. The first-order valence-corrected chi connectivity index (χ1v) is 27.3. The topological polar surface area (TPSA) is 124 Å². The van der Waals surface area contributed by atoms with Gasteiger partial charge in [0.2, 0.25) is 0 Å². The third kappa shape index (κ3) is 41.4. The quantitative estimate of drug-likeness (QED) is 0.0147. The summed E-state index contributed by atoms with van der Waals surface area (Å²) in [4.78, 5) is 37.7. The second-order valence-corrected chi connectivity index (χ2v) is 20.3. The maximum atomic E-state index is 12.7. The lowest BCUT2D eigenvalue weighted by Gasteiger charge is -2.28. The molecular weight excluding hydrogens is 814 g/mol. The maximum absolute atomic E-state index is 12.7. The Bertz CT molecular complexity index is 1230. The smallest absolute Gasteiger partial charge is 0.306 e. The van der Waals surface area contributed by atoms with E-state index >= 15 is 0 Å². The summed E-state index contributed by atoms with van der Waals surface area (Å²) < 4.78 is 39.7. The number of phosphoric acid groups is 1. The van der Waals surface area contributed by atoms with Crippen LogP contribution in [-0.2, 0) is 37.4 Å². The van der Waals surface area contributed by atoms with Crippen LogP contribution in [0.15, 0.2) is 36.5 Å². The minimum absolute atomic E-state index is 0.0402. The number of carbonyl (C=O) groups is 2. The first-order chi connectivity index (χ1) is 30.5. The number of allylic oxidation sites excluding steroid dienone is 5. The highest BCUT2D eigenvalue weighted by atomic mass is 31.2. The van der Waals surface area contributed by atoms with Crippen LogP contribution >= 0.6 is 7.82 Å². The Hall–Kier alpha value is -1.81. The van der Waals surface area contributed by atoms with Gasteiger partial charge in [0, 0.05) is 12.8 Å². The standard InChI is InChI=1S/C52H96NO9P/c1-6-8-10-11-12-13-14-15-16-17-18-19-20-21-22-23-24-29-32-35-39-43-52(55)61-48(47-60-63(56,57)59-45-44-53(3,4)5)46-58-51(54)42-38-34-31-28-26-25-27-30-33-37-41-50-49(62-50)40-36-9-7-2/h25,27-28,31,33,37,48-50H,6-24,26,29-30,32,34-36,38-47H2,1-5H3/b27-25-,31-28-,37-33-/t48-,49?,50?/m1/s1. The Morgan fingerprint density at radius 3 is 1.60 bits per heavy atom. The molecule has 63 heavy (non-hydrogen) atoms. The van der Waals surface area contributed by atoms with Gasteiger partial charge in [0.05, 0.1) is 40.0 Å². The third-order valence-corrected chi connectivity index (χ3v) is 12.6. The minimum Gasteiger partial charge on any atom is -0.756 e. The summed E-state index contributed by atoms with van der Waals surface area (Å²) in [7, 11) is 1.14. The molecule has 0 aliphatic carbocycles. The predicted octanol–water partition coefficient (Wildman–Crippen LogP) is 13.6. The number of hydrogen-bond donors (Lipinski definition) is 0. The highest BCUT2D eigenvalue weighted by molar-refractivity contribution is 7.45. The lowest BCUT2D eigenvalue weighted by molar-refractivity contribution is -0.870. The van der Waals surface area contributed by atoms with Crippen LogP contribution in [0.25, 0.3) is 0 Å². The van der Waals surface area contributed by atoms with Crippen LogP contribution in [-0.4, -0.2) is 82.2 Å². The molecule has 0 N–H and O–H groups in total. The molecule has 0 aromatic carbocycles. The molecule has 0 saturated carbocycles. The van der Waals surface area contributed by atoms with E-state index in [1.54, 1.807) is 0 Å². The maximum Gasteiger partial charge on any atom is 0.306 e. The number of esters is 2.